The van der Waals surface area contributed by atoms with E-state index in [9.17, 15) is 13.6 Å². The molecule has 0 atom stereocenters. The lowest BCUT2D eigenvalue weighted by Crippen LogP contribution is -2.10. The largest absolute Gasteiger partial charge is 0.481 e. The molecule has 2 aromatic carbocycles. The average Bonchev–Trinajstić information content (AvgIpc) is 3.06. The van der Waals surface area contributed by atoms with Gasteiger partial charge in [-0.3, -0.25) is 0 Å². The molecule has 0 aliphatic heterocycles. The lowest BCUT2D eigenvalue weighted by molar-refractivity contribution is -0.139. The second kappa shape index (κ2) is 9.06. The van der Waals surface area contributed by atoms with E-state index in [1.54, 1.807) is 36.4 Å². The lowest BCUT2D eigenvalue weighted by atomic mass is 10.2. The van der Waals surface area contributed by atoms with Crippen LogP contribution in [0.2, 0.25) is 0 Å². The van der Waals surface area contributed by atoms with E-state index in [2.05, 4.69) is 20.0 Å². The van der Waals surface area contributed by atoms with E-state index in [4.69, 9.17) is 22.1 Å². The molecule has 0 saturated heterocycles. The van der Waals surface area contributed by atoms with Gasteiger partial charge >= 0.3 is 12.6 Å². The van der Waals surface area contributed by atoms with Gasteiger partial charge in [0.1, 0.15) is 11.5 Å². The Balaban J connectivity index is 1.87. The second-order valence-corrected chi connectivity index (χ2v) is 5.92. The topological polar surface area (TPSA) is 102 Å². The molecule has 0 fully saturated rings. The van der Waals surface area contributed by atoms with Gasteiger partial charge < -0.3 is 14.6 Å². The SMILES string of the molecule is O=C(O)COc1ccccc1C=Nn1c(-c2ccc(OC(F)F)cc2)n[nH]c1=S. The molecule has 3 rings (SSSR count). The van der Waals surface area contributed by atoms with E-state index in [1.807, 2.05) is 0 Å². The first-order chi connectivity index (χ1) is 13.9. The fraction of sp³-hybridized carbons (Fsp3) is 0.111. The number of carbonyl (C=O) groups is 1. The number of para-hydroxylation sites is 1. The van der Waals surface area contributed by atoms with E-state index in [0.29, 0.717) is 22.7 Å². The van der Waals surface area contributed by atoms with Crippen LogP contribution in [0, 0.1) is 4.77 Å². The first-order valence-corrected chi connectivity index (χ1v) is 8.55. The minimum Gasteiger partial charge on any atom is -0.481 e. The monoisotopic (exact) mass is 420 g/mol. The summed E-state index contributed by atoms with van der Waals surface area (Å²) in [5.41, 5.74) is 1.09. The number of rotatable bonds is 8. The molecule has 0 spiro atoms. The number of nitrogens with zero attached hydrogens (tertiary/aromatic N) is 3. The van der Waals surface area contributed by atoms with Gasteiger partial charge in [0.25, 0.3) is 0 Å². The van der Waals surface area contributed by atoms with Crippen LogP contribution in [-0.2, 0) is 4.79 Å². The van der Waals surface area contributed by atoms with E-state index >= 15 is 0 Å². The van der Waals surface area contributed by atoms with E-state index < -0.39 is 19.2 Å². The van der Waals surface area contributed by atoms with Crippen LogP contribution in [0.15, 0.2) is 53.6 Å². The number of carboxylic acids is 1. The molecule has 1 heterocycles. The molecule has 0 amide bonds. The number of hydrogen-bond acceptors (Lipinski definition) is 6. The number of aliphatic carboxylic acids is 1. The highest BCUT2D eigenvalue weighted by atomic mass is 32.1. The van der Waals surface area contributed by atoms with Gasteiger partial charge in [0.15, 0.2) is 12.4 Å². The Morgan fingerprint density at radius 1 is 1.28 bits per heavy atom. The molecule has 2 N–H and O–H groups in total. The average molecular weight is 420 g/mol. The van der Waals surface area contributed by atoms with Crippen LogP contribution in [0.5, 0.6) is 11.5 Å². The number of halogens is 2. The third-order valence-corrected chi connectivity index (χ3v) is 3.83. The summed E-state index contributed by atoms with van der Waals surface area (Å²) in [4.78, 5) is 10.7. The van der Waals surface area contributed by atoms with Crippen molar-refractivity contribution in [3.63, 3.8) is 0 Å². The summed E-state index contributed by atoms with van der Waals surface area (Å²) in [6.45, 7) is -3.41. The number of aromatic amines is 1. The van der Waals surface area contributed by atoms with Crippen molar-refractivity contribution in [2.75, 3.05) is 6.61 Å². The molecule has 0 radical (unpaired) electrons. The molecule has 3 aromatic rings. The molecule has 8 nitrogen and oxygen atoms in total. The molecule has 0 bridgehead atoms. The predicted molar refractivity (Wildman–Crippen MR) is 102 cm³/mol. The van der Waals surface area contributed by atoms with Gasteiger partial charge in [0.2, 0.25) is 4.77 Å². The van der Waals surface area contributed by atoms with Crippen LogP contribution in [0.3, 0.4) is 0 Å². The maximum Gasteiger partial charge on any atom is 0.387 e. The molecule has 1 aromatic heterocycles. The van der Waals surface area contributed by atoms with Crippen LogP contribution in [-0.4, -0.2) is 45.4 Å². The molecule has 0 unspecified atom stereocenters. The van der Waals surface area contributed by atoms with E-state index in [0.717, 1.165) is 0 Å². The van der Waals surface area contributed by atoms with Crippen LogP contribution in [0.4, 0.5) is 8.78 Å². The van der Waals surface area contributed by atoms with E-state index in [1.165, 1.54) is 23.0 Å². The van der Waals surface area contributed by atoms with Gasteiger partial charge in [-0.25, -0.2) is 9.89 Å². The summed E-state index contributed by atoms with van der Waals surface area (Å²) >= 11 is 5.19. The summed E-state index contributed by atoms with van der Waals surface area (Å²) in [5.74, 6) is -0.407. The number of aromatic nitrogens is 3. The molecular weight excluding hydrogens is 406 g/mol. The quantitative estimate of drug-likeness (QED) is 0.427. The summed E-state index contributed by atoms with van der Waals surface area (Å²) < 4.78 is 35.7. The normalized spacial score (nSPS) is 11.1. The Morgan fingerprint density at radius 3 is 2.69 bits per heavy atom. The van der Waals surface area contributed by atoms with Crippen molar-refractivity contribution < 1.29 is 28.2 Å². The van der Waals surface area contributed by atoms with Crippen molar-refractivity contribution in [2.24, 2.45) is 5.10 Å². The third-order valence-electron chi connectivity index (χ3n) is 3.57. The zero-order valence-corrected chi connectivity index (χ0v) is 15.5. The number of benzene rings is 2. The minimum absolute atomic E-state index is 0.0115. The second-order valence-electron chi connectivity index (χ2n) is 5.53. The maximum absolute atomic E-state index is 12.3. The third kappa shape index (κ3) is 5.23. The van der Waals surface area contributed by atoms with Crippen LogP contribution in [0.25, 0.3) is 11.4 Å². The zero-order valence-electron chi connectivity index (χ0n) is 14.7. The van der Waals surface area contributed by atoms with Gasteiger partial charge in [-0.2, -0.15) is 23.7 Å². The van der Waals surface area contributed by atoms with Gasteiger partial charge in [-0.15, -0.1) is 0 Å². The van der Waals surface area contributed by atoms with Crippen LogP contribution in [0.1, 0.15) is 5.56 Å². The number of hydrogen-bond donors (Lipinski definition) is 2. The van der Waals surface area contributed by atoms with Crippen molar-refractivity contribution in [2.45, 2.75) is 6.61 Å². The lowest BCUT2D eigenvalue weighted by Gasteiger charge is -2.07. The maximum atomic E-state index is 12.3. The molecule has 0 saturated carbocycles. The van der Waals surface area contributed by atoms with Crippen LogP contribution < -0.4 is 9.47 Å². The standard InChI is InChI=1S/C18H14F2N4O4S/c19-17(20)28-13-7-5-11(6-8-13)16-22-23-18(29)24(16)21-9-12-3-1-2-4-14(12)27-10-15(25)26/h1-9,17H,10H2,(H,23,29)(H,25,26). The molecule has 11 heteroatoms. The van der Waals surface area contributed by atoms with Crippen LogP contribution >= 0.6 is 12.2 Å². The Hall–Kier alpha value is -3.60. The van der Waals surface area contributed by atoms with E-state index in [-0.39, 0.29) is 10.5 Å². The highest BCUT2D eigenvalue weighted by Crippen LogP contribution is 2.22. The highest BCUT2D eigenvalue weighted by Gasteiger charge is 2.10. The Kier molecular flexibility index (Phi) is 6.29. The van der Waals surface area contributed by atoms with Crippen molar-refractivity contribution in [1.82, 2.24) is 14.9 Å². The fourth-order valence-corrected chi connectivity index (χ4v) is 2.53. The number of ether oxygens (including phenoxy) is 2. The number of alkyl halides is 2. The van der Waals surface area contributed by atoms with Gasteiger partial charge in [0, 0.05) is 11.1 Å². The fourth-order valence-electron chi connectivity index (χ4n) is 2.35. The Labute approximate surface area is 168 Å². The highest BCUT2D eigenvalue weighted by molar-refractivity contribution is 7.71. The van der Waals surface area contributed by atoms with Gasteiger partial charge in [0.05, 0.1) is 6.21 Å². The number of carboxylic acid groups (broad SMARTS) is 1. The summed E-state index contributed by atoms with van der Waals surface area (Å²) in [6.07, 6.45) is 1.44. The first-order valence-electron chi connectivity index (χ1n) is 8.14. The summed E-state index contributed by atoms with van der Waals surface area (Å²) in [5, 5.41) is 19.8. The Morgan fingerprint density at radius 2 is 2.00 bits per heavy atom. The van der Waals surface area contributed by atoms with Crippen molar-refractivity contribution in [1.29, 1.82) is 0 Å². The number of H-pyrrole nitrogens is 1. The zero-order chi connectivity index (χ0) is 20.8. The summed E-state index contributed by atoms with van der Waals surface area (Å²) in [6, 6.07) is 12.6. The smallest absolute Gasteiger partial charge is 0.387 e. The van der Waals surface area contributed by atoms with Gasteiger partial charge in [-0.1, -0.05) is 12.1 Å². The minimum atomic E-state index is -2.91. The predicted octanol–water partition coefficient (Wildman–Crippen LogP) is 3.55. The van der Waals surface area contributed by atoms with Gasteiger partial charge in [-0.05, 0) is 48.6 Å². The molecule has 0 aliphatic carbocycles. The van der Waals surface area contributed by atoms with Crippen molar-refractivity contribution in [3.8, 4) is 22.9 Å². The summed E-state index contributed by atoms with van der Waals surface area (Å²) in [7, 11) is 0. The number of nitrogens with one attached hydrogen (secondary N) is 1. The van der Waals surface area contributed by atoms with Crippen molar-refractivity contribution >= 4 is 24.4 Å². The molecular formula is C18H14F2N4O4S. The first kappa shape index (κ1) is 20.1. The molecule has 150 valence electrons. The Bertz CT molecular complexity index is 1080. The van der Waals surface area contributed by atoms with Crippen molar-refractivity contribution in [3.05, 3.63) is 58.9 Å². The molecule has 29 heavy (non-hydrogen) atoms. The molecule has 0 aliphatic rings.